The van der Waals surface area contributed by atoms with Crippen LogP contribution >= 0.6 is 11.6 Å². The molecule has 0 bridgehead atoms. The van der Waals surface area contributed by atoms with Gasteiger partial charge < -0.3 is 10.6 Å². The van der Waals surface area contributed by atoms with Crippen molar-refractivity contribution in [1.29, 1.82) is 0 Å². The number of nitrogens with two attached hydrogens (primary N) is 1. The fourth-order valence-corrected chi connectivity index (χ4v) is 2.80. The van der Waals surface area contributed by atoms with E-state index in [9.17, 15) is 4.79 Å². The molecule has 1 aliphatic heterocycles. The fourth-order valence-electron chi connectivity index (χ4n) is 2.63. The number of piperidine rings is 1. The van der Waals surface area contributed by atoms with Gasteiger partial charge in [0.2, 0.25) is 0 Å². The third-order valence-corrected chi connectivity index (χ3v) is 3.93. The standard InChI is InChI=1S/C14H20ClN3O/c1-2-5-11-6-3-4-7-18(11)14(19)10-8-12(15)13(16)17-9-10/h8-9,11H,2-7H2,1H3,(H2,16,17). The van der Waals surface area contributed by atoms with Crippen LogP contribution in [0.25, 0.3) is 0 Å². The Kier molecular flexibility index (Phi) is 4.64. The zero-order valence-electron chi connectivity index (χ0n) is 11.2. The lowest BCUT2D eigenvalue weighted by molar-refractivity contribution is 0.0600. The minimum Gasteiger partial charge on any atom is -0.382 e. The molecule has 1 aromatic heterocycles. The number of nitrogens with zero attached hydrogens (tertiary/aromatic N) is 2. The van der Waals surface area contributed by atoms with Crippen LogP contribution in [0.5, 0.6) is 0 Å². The zero-order valence-corrected chi connectivity index (χ0v) is 12.0. The van der Waals surface area contributed by atoms with Gasteiger partial charge in [-0.25, -0.2) is 4.98 Å². The van der Waals surface area contributed by atoms with Crippen molar-refractivity contribution in [3.8, 4) is 0 Å². The van der Waals surface area contributed by atoms with E-state index < -0.39 is 0 Å². The average molecular weight is 282 g/mol. The SMILES string of the molecule is CCCC1CCCCN1C(=O)c1cnc(N)c(Cl)c1. The third kappa shape index (κ3) is 3.18. The number of carbonyl (C=O) groups excluding carboxylic acids is 1. The van der Waals surface area contributed by atoms with Crippen molar-refractivity contribution in [2.75, 3.05) is 12.3 Å². The van der Waals surface area contributed by atoms with Gasteiger partial charge in [0.1, 0.15) is 5.82 Å². The summed E-state index contributed by atoms with van der Waals surface area (Å²) in [6.45, 7) is 2.98. The van der Waals surface area contributed by atoms with E-state index in [1.807, 2.05) is 4.90 Å². The van der Waals surface area contributed by atoms with E-state index in [0.717, 1.165) is 32.2 Å². The third-order valence-electron chi connectivity index (χ3n) is 3.63. The Labute approximate surface area is 118 Å². The number of hydrogen-bond acceptors (Lipinski definition) is 3. The summed E-state index contributed by atoms with van der Waals surface area (Å²) < 4.78 is 0. The minimum atomic E-state index is 0.0209. The summed E-state index contributed by atoms with van der Waals surface area (Å²) in [6.07, 6.45) is 7.03. The number of anilines is 1. The van der Waals surface area contributed by atoms with Crippen LogP contribution in [0.2, 0.25) is 5.02 Å². The molecule has 1 amide bonds. The predicted molar refractivity (Wildman–Crippen MR) is 77.2 cm³/mol. The highest BCUT2D eigenvalue weighted by Crippen LogP contribution is 2.24. The first-order valence-corrected chi connectivity index (χ1v) is 7.23. The van der Waals surface area contributed by atoms with Crippen LogP contribution in [0, 0.1) is 0 Å². The highest BCUT2D eigenvalue weighted by atomic mass is 35.5. The van der Waals surface area contributed by atoms with Gasteiger partial charge in [-0.15, -0.1) is 0 Å². The van der Waals surface area contributed by atoms with Crippen molar-refractivity contribution in [3.05, 3.63) is 22.8 Å². The molecular formula is C14H20ClN3O. The molecule has 0 aliphatic carbocycles. The molecule has 1 unspecified atom stereocenters. The molecule has 5 heteroatoms. The van der Waals surface area contributed by atoms with Crippen LogP contribution in [0.15, 0.2) is 12.3 Å². The van der Waals surface area contributed by atoms with Gasteiger partial charge in [-0.1, -0.05) is 24.9 Å². The van der Waals surface area contributed by atoms with Gasteiger partial charge in [-0.2, -0.15) is 0 Å². The van der Waals surface area contributed by atoms with Crippen LogP contribution in [-0.4, -0.2) is 28.4 Å². The van der Waals surface area contributed by atoms with Gasteiger partial charge in [0.15, 0.2) is 0 Å². The maximum Gasteiger partial charge on any atom is 0.255 e. The molecule has 0 radical (unpaired) electrons. The quantitative estimate of drug-likeness (QED) is 0.926. The number of hydrogen-bond donors (Lipinski definition) is 1. The van der Waals surface area contributed by atoms with Crippen molar-refractivity contribution >= 4 is 23.3 Å². The van der Waals surface area contributed by atoms with E-state index in [0.29, 0.717) is 16.6 Å². The Morgan fingerprint density at radius 2 is 2.37 bits per heavy atom. The molecular weight excluding hydrogens is 262 g/mol. The van der Waals surface area contributed by atoms with E-state index in [-0.39, 0.29) is 11.7 Å². The van der Waals surface area contributed by atoms with Crippen LogP contribution in [0.3, 0.4) is 0 Å². The second-order valence-corrected chi connectivity index (χ2v) is 5.44. The van der Waals surface area contributed by atoms with Crippen molar-refractivity contribution in [1.82, 2.24) is 9.88 Å². The van der Waals surface area contributed by atoms with Gasteiger partial charge in [0, 0.05) is 18.8 Å². The molecule has 2 heterocycles. The van der Waals surface area contributed by atoms with Gasteiger partial charge in [-0.05, 0) is 31.7 Å². The molecule has 0 spiro atoms. The number of halogens is 1. The molecule has 1 aromatic rings. The highest BCUT2D eigenvalue weighted by Gasteiger charge is 2.27. The lowest BCUT2D eigenvalue weighted by Gasteiger charge is -2.35. The topological polar surface area (TPSA) is 59.2 Å². The Hall–Kier alpha value is -1.29. The molecule has 2 rings (SSSR count). The number of likely N-dealkylation sites (tertiary alicyclic amines) is 1. The number of amides is 1. The van der Waals surface area contributed by atoms with Gasteiger partial charge >= 0.3 is 0 Å². The molecule has 4 nitrogen and oxygen atoms in total. The molecule has 0 saturated carbocycles. The van der Waals surface area contributed by atoms with Crippen molar-refractivity contribution < 1.29 is 4.79 Å². The Morgan fingerprint density at radius 3 is 3.05 bits per heavy atom. The molecule has 2 N–H and O–H groups in total. The Morgan fingerprint density at radius 1 is 1.58 bits per heavy atom. The van der Waals surface area contributed by atoms with Crippen LogP contribution in [0.4, 0.5) is 5.82 Å². The molecule has 19 heavy (non-hydrogen) atoms. The molecule has 1 saturated heterocycles. The lowest BCUT2D eigenvalue weighted by atomic mass is 9.97. The predicted octanol–water partition coefficient (Wildman–Crippen LogP) is 3.11. The smallest absolute Gasteiger partial charge is 0.255 e. The summed E-state index contributed by atoms with van der Waals surface area (Å²) in [5.41, 5.74) is 6.10. The van der Waals surface area contributed by atoms with Gasteiger partial charge in [-0.3, -0.25) is 4.79 Å². The maximum absolute atomic E-state index is 12.5. The van der Waals surface area contributed by atoms with Crippen LogP contribution in [0.1, 0.15) is 49.4 Å². The summed E-state index contributed by atoms with van der Waals surface area (Å²) in [4.78, 5) is 18.5. The number of aromatic nitrogens is 1. The number of carbonyl (C=O) groups is 1. The lowest BCUT2D eigenvalue weighted by Crippen LogP contribution is -2.43. The van der Waals surface area contributed by atoms with E-state index in [1.165, 1.54) is 12.6 Å². The normalized spacial score (nSPS) is 19.5. The fraction of sp³-hybridized carbons (Fsp3) is 0.571. The first-order valence-electron chi connectivity index (χ1n) is 6.85. The van der Waals surface area contributed by atoms with E-state index in [4.69, 9.17) is 17.3 Å². The maximum atomic E-state index is 12.5. The summed E-state index contributed by atoms with van der Waals surface area (Å²) in [5.74, 6) is 0.287. The van der Waals surface area contributed by atoms with E-state index in [2.05, 4.69) is 11.9 Å². The first kappa shape index (κ1) is 14.1. The Balaban J connectivity index is 2.18. The van der Waals surface area contributed by atoms with E-state index >= 15 is 0 Å². The zero-order chi connectivity index (χ0) is 13.8. The minimum absolute atomic E-state index is 0.0209. The molecule has 1 atom stereocenters. The summed E-state index contributed by atoms with van der Waals surface area (Å²) in [7, 11) is 0. The largest absolute Gasteiger partial charge is 0.382 e. The molecule has 104 valence electrons. The molecule has 1 fully saturated rings. The molecule has 1 aliphatic rings. The van der Waals surface area contributed by atoms with Crippen LogP contribution in [-0.2, 0) is 0 Å². The van der Waals surface area contributed by atoms with Gasteiger partial charge in [0.25, 0.3) is 5.91 Å². The second kappa shape index (κ2) is 6.24. The van der Waals surface area contributed by atoms with E-state index in [1.54, 1.807) is 6.07 Å². The van der Waals surface area contributed by atoms with Crippen molar-refractivity contribution in [2.45, 2.75) is 45.1 Å². The second-order valence-electron chi connectivity index (χ2n) is 5.03. The summed E-state index contributed by atoms with van der Waals surface area (Å²) in [6, 6.07) is 1.96. The number of rotatable bonds is 3. The monoisotopic (exact) mass is 281 g/mol. The highest BCUT2D eigenvalue weighted by molar-refractivity contribution is 6.33. The Bertz CT molecular complexity index is 462. The average Bonchev–Trinajstić information content (AvgIpc) is 2.42. The van der Waals surface area contributed by atoms with Crippen molar-refractivity contribution in [2.24, 2.45) is 0 Å². The summed E-state index contributed by atoms with van der Waals surface area (Å²) in [5, 5.41) is 0.343. The van der Waals surface area contributed by atoms with Gasteiger partial charge in [0.05, 0.1) is 10.6 Å². The first-order chi connectivity index (χ1) is 9.13. The van der Waals surface area contributed by atoms with Crippen LogP contribution < -0.4 is 5.73 Å². The number of nitrogen functional groups attached to an aromatic ring is 1. The summed E-state index contributed by atoms with van der Waals surface area (Å²) >= 11 is 5.94. The van der Waals surface area contributed by atoms with Crippen molar-refractivity contribution in [3.63, 3.8) is 0 Å². The molecule has 0 aromatic carbocycles. The number of pyridine rings is 1.